The summed E-state index contributed by atoms with van der Waals surface area (Å²) in [6.45, 7) is 4.13. The molecule has 0 radical (unpaired) electrons. The number of carbonyl (C=O) groups is 1. The van der Waals surface area contributed by atoms with Crippen molar-refractivity contribution < 1.29 is 13.9 Å². The van der Waals surface area contributed by atoms with E-state index in [9.17, 15) is 9.18 Å². The van der Waals surface area contributed by atoms with Gasteiger partial charge >= 0.3 is 0 Å². The van der Waals surface area contributed by atoms with E-state index in [0.29, 0.717) is 32.0 Å². The second-order valence-electron chi connectivity index (χ2n) is 7.22. The Kier molecular flexibility index (Phi) is 5.50. The normalized spacial score (nSPS) is 21.4. The minimum atomic E-state index is -0.214. The molecular formula is C20H25FN4O2. The highest BCUT2D eigenvalue weighted by molar-refractivity contribution is 5.92. The predicted molar refractivity (Wildman–Crippen MR) is 98.7 cm³/mol. The number of nitrogens with zero attached hydrogens (tertiary/aromatic N) is 3. The SMILES string of the molecule is O=C(c1cc(C2CCCCN2Cc2ccc(F)cc2)[nH]n1)N1CCOCC1. The Labute approximate surface area is 158 Å². The molecular weight excluding hydrogens is 347 g/mol. The lowest BCUT2D eigenvalue weighted by molar-refractivity contribution is 0.0299. The Hall–Kier alpha value is -2.25. The number of aromatic nitrogens is 2. The van der Waals surface area contributed by atoms with Gasteiger partial charge in [0.05, 0.1) is 24.9 Å². The number of hydrogen-bond donors (Lipinski definition) is 1. The van der Waals surface area contributed by atoms with E-state index in [4.69, 9.17) is 4.74 Å². The van der Waals surface area contributed by atoms with Crippen molar-refractivity contribution in [2.24, 2.45) is 0 Å². The van der Waals surface area contributed by atoms with Crippen LogP contribution in [0.4, 0.5) is 4.39 Å². The number of morpholine rings is 1. The molecule has 0 spiro atoms. The maximum Gasteiger partial charge on any atom is 0.274 e. The number of hydrogen-bond acceptors (Lipinski definition) is 4. The van der Waals surface area contributed by atoms with Gasteiger partial charge < -0.3 is 9.64 Å². The number of halogens is 1. The molecule has 2 aliphatic rings. The molecule has 1 unspecified atom stereocenters. The second-order valence-corrected chi connectivity index (χ2v) is 7.22. The summed E-state index contributed by atoms with van der Waals surface area (Å²) in [5.41, 5.74) is 2.54. The first-order chi connectivity index (χ1) is 13.2. The summed E-state index contributed by atoms with van der Waals surface area (Å²) < 4.78 is 18.5. The van der Waals surface area contributed by atoms with Crippen LogP contribution in [0.15, 0.2) is 30.3 Å². The van der Waals surface area contributed by atoms with Crippen LogP contribution < -0.4 is 0 Å². The first-order valence-electron chi connectivity index (χ1n) is 9.61. The highest BCUT2D eigenvalue weighted by atomic mass is 19.1. The lowest BCUT2D eigenvalue weighted by atomic mass is 9.98. The van der Waals surface area contributed by atoms with Crippen LogP contribution in [-0.4, -0.2) is 58.8 Å². The molecule has 27 heavy (non-hydrogen) atoms. The molecule has 144 valence electrons. The van der Waals surface area contributed by atoms with Crippen LogP contribution in [0, 0.1) is 5.82 Å². The number of H-pyrrole nitrogens is 1. The molecule has 3 heterocycles. The zero-order valence-electron chi connectivity index (χ0n) is 15.4. The van der Waals surface area contributed by atoms with Gasteiger partial charge in [-0.15, -0.1) is 0 Å². The van der Waals surface area contributed by atoms with Gasteiger partial charge in [0, 0.05) is 19.6 Å². The summed E-state index contributed by atoms with van der Waals surface area (Å²) in [7, 11) is 0. The summed E-state index contributed by atoms with van der Waals surface area (Å²) in [6, 6.07) is 8.77. The lowest BCUT2D eigenvalue weighted by Crippen LogP contribution is -2.40. The molecule has 2 aromatic rings. The fraction of sp³-hybridized carbons (Fsp3) is 0.500. The molecule has 2 fully saturated rings. The fourth-order valence-corrected chi connectivity index (χ4v) is 3.90. The number of amides is 1. The highest BCUT2D eigenvalue weighted by Crippen LogP contribution is 2.31. The predicted octanol–water partition coefficient (Wildman–Crippen LogP) is 2.75. The number of piperidine rings is 1. The van der Waals surface area contributed by atoms with Crippen LogP contribution in [0.3, 0.4) is 0 Å². The molecule has 0 aliphatic carbocycles. The third-order valence-electron chi connectivity index (χ3n) is 5.39. The van der Waals surface area contributed by atoms with E-state index < -0.39 is 0 Å². The summed E-state index contributed by atoms with van der Waals surface area (Å²) >= 11 is 0. The number of aromatic amines is 1. The van der Waals surface area contributed by atoms with Crippen molar-refractivity contribution in [3.63, 3.8) is 0 Å². The van der Waals surface area contributed by atoms with Crippen LogP contribution in [0.5, 0.6) is 0 Å². The minimum Gasteiger partial charge on any atom is -0.378 e. The molecule has 1 aromatic carbocycles. The van der Waals surface area contributed by atoms with Gasteiger partial charge in [-0.1, -0.05) is 18.6 Å². The summed E-state index contributed by atoms with van der Waals surface area (Å²) in [4.78, 5) is 16.8. The van der Waals surface area contributed by atoms with Crippen molar-refractivity contribution in [2.45, 2.75) is 31.8 Å². The Balaban J connectivity index is 1.47. The molecule has 1 atom stereocenters. The molecule has 4 rings (SSSR count). The Bertz CT molecular complexity index is 771. The number of nitrogens with one attached hydrogen (secondary N) is 1. The largest absolute Gasteiger partial charge is 0.378 e. The first kappa shape index (κ1) is 18.1. The van der Waals surface area contributed by atoms with Crippen LogP contribution in [0.2, 0.25) is 0 Å². The van der Waals surface area contributed by atoms with Crippen molar-refractivity contribution in [2.75, 3.05) is 32.8 Å². The maximum atomic E-state index is 13.2. The molecule has 0 saturated carbocycles. The van der Waals surface area contributed by atoms with Gasteiger partial charge in [-0.25, -0.2) is 4.39 Å². The Morgan fingerprint density at radius 3 is 2.74 bits per heavy atom. The summed E-state index contributed by atoms with van der Waals surface area (Å²) in [5, 5.41) is 7.38. The zero-order valence-corrected chi connectivity index (χ0v) is 15.4. The smallest absolute Gasteiger partial charge is 0.274 e. The van der Waals surface area contributed by atoms with Crippen LogP contribution >= 0.6 is 0 Å². The van der Waals surface area contributed by atoms with E-state index in [1.807, 2.05) is 18.2 Å². The van der Waals surface area contributed by atoms with Crippen molar-refractivity contribution in [3.05, 3.63) is 53.1 Å². The fourth-order valence-electron chi connectivity index (χ4n) is 3.90. The van der Waals surface area contributed by atoms with Gasteiger partial charge in [0.15, 0.2) is 0 Å². The summed E-state index contributed by atoms with van der Waals surface area (Å²) in [6.07, 6.45) is 3.32. The summed E-state index contributed by atoms with van der Waals surface area (Å²) in [5.74, 6) is -0.254. The Morgan fingerprint density at radius 2 is 1.96 bits per heavy atom. The van der Waals surface area contributed by atoms with Crippen molar-refractivity contribution >= 4 is 5.91 Å². The minimum absolute atomic E-state index is 0.0401. The van der Waals surface area contributed by atoms with Crippen molar-refractivity contribution in [1.29, 1.82) is 0 Å². The van der Waals surface area contributed by atoms with Gasteiger partial charge in [0.1, 0.15) is 11.5 Å². The van der Waals surface area contributed by atoms with E-state index in [2.05, 4.69) is 15.1 Å². The number of carbonyl (C=O) groups excluding carboxylic acids is 1. The van der Waals surface area contributed by atoms with Gasteiger partial charge in [-0.2, -0.15) is 5.10 Å². The molecule has 0 bridgehead atoms. The van der Waals surface area contributed by atoms with Gasteiger partial charge in [-0.3, -0.25) is 14.8 Å². The molecule has 6 nitrogen and oxygen atoms in total. The van der Waals surface area contributed by atoms with E-state index in [1.165, 1.54) is 12.1 Å². The topological polar surface area (TPSA) is 61.5 Å². The third kappa shape index (κ3) is 4.20. The quantitative estimate of drug-likeness (QED) is 0.897. The van der Waals surface area contributed by atoms with E-state index in [0.717, 1.165) is 43.6 Å². The number of ether oxygens (including phenoxy) is 1. The van der Waals surface area contributed by atoms with Crippen LogP contribution in [0.25, 0.3) is 0 Å². The second kappa shape index (κ2) is 8.19. The van der Waals surface area contributed by atoms with E-state index in [1.54, 1.807) is 4.90 Å². The number of benzene rings is 1. The van der Waals surface area contributed by atoms with Crippen molar-refractivity contribution in [3.8, 4) is 0 Å². The van der Waals surface area contributed by atoms with Crippen LogP contribution in [-0.2, 0) is 11.3 Å². The monoisotopic (exact) mass is 372 g/mol. The molecule has 1 aromatic heterocycles. The molecule has 2 aliphatic heterocycles. The van der Waals surface area contributed by atoms with Crippen molar-refractivity contribution in [1.82, 2.24) is 20.0 Å². The molecule has 1 N–H and O–H groups in total. The van der Waals surface area contributed by atoms with Gasteiger partial charge in [-0.05, 0) is 43.1 Å². The standard InChI is InChI=1S/C20H25FN4O2/c21-16-6-4-15(5-7-16)14-25-8-2-1-3-19(25)17-13-18(23-22-17)20(26)24-9-11-27-12-10-24/h4-7,13,19H,1-3,8-12,14H2,(H,22,23). The average Bonchev–Trinajstić information content (AvgIpc) is 3.20. The number of likely N-dealkylation sites (tertiary alicyclic amines) is 1. The van der Waals surface area contributed by atoms with Crippen LogP contribution in [0.1, 0.15) is 47.1 Å². The molecule has 7 heteroatoms. The zero-order chi connectivity index (χ0) is 18.6. The van der Waals surface area contributed by atoms with E-state index in [-0.39, 0.29) is 17.8 Å². The third-order valence-corrected chi connectivity index (χ3v) is 5.39. The number of rotatable bonds is 4. The van der Waals surface area contributed by atoms with Gasteiger partial charge in [0.25, 0.3) is 5.91 Å². The first-order valence-corrected chi connectivity index (χ1v) is 9.61. The van der Waals surface area contributed by atoms with E-state index >= 15 is 0 Å². The Morgan fingerprint density at radius 1 is 1.19 bits per heavy atom. The lowest BCUT2D eigenvalue weighted by Gasteiger charge is -2.35. The molecule has 1 amide bonds. The maximum absolute atomic E-state index is 13.2. The average molecular weight is 372 g/mol. The highest BCUT2D eigenvalue weighted by Gasteiger charge is 2.28. The molecule has 2 saturated heterocycles. The van der Waals surface area contributed by atoms with Gasteiger partial charge in [0.2, 0.25) is 0 Å².